The van der Waals surface area contributed by atoms with E-state index in [4.69, 9.17) is 17.1 Å². The van der Waals surface area contributed by atoms with Gasteiger partial charge >= 0.3 is 5.97 Å². The minimum atomic E-state index is -0.863. The van der Waals surface area contributed by atoms with Crippen LogP contribution in [0.15, 0.2) is 16.1 Å². The second-order valence-electron chi connectivity index (χ2n) is 5.52. The van der Waals surface area contributed by atoms with Crippen molar-refractivity contribution in [3.63, 3.8) is 0 Å². The summed E-state index contributed by atoms with van der Waals surface area (Å²) in [7, 11) is 0.346. The number of nitro benzene ring substituents is 1. The smallest absolute Gasteiger partial charge is 0.338 e. The topological polar surface area (TPSA) is 118 Å². The van der Waals surface area contributed by atoms with E-state index in [2.05, 4.69) is 33.5 Å². The van der Waals surface area contributed by atoms with Crippen LogP contribution in [0.25, 0.3) is 10.4 Å². The van der Waals surface area contributed by atoms with E-state index in [1.165, 1.54) is 11.8 Å². The van der Waals surface area contributed by atoms with Crippen molar-refractivity contribution in [3.8, 4) is 0 Å². The van der Waals surface area contributed by atoms with Crippen molar-refractivity contribution in [1.29, 1.82) is 0 Å². The van der Waals surface area contributed by atoms with E-state index in [0.29, 0.717) is 5.75 Å². The maximum absolute atomic E-state index is 11.8. The van der Waals surface area contributed by atoms with Crippen LogP contribution in [0.2, 0.25) is 5.02 Å². The Hall–Kier alpha value is -1.61. The molecule has 11 heteroatoms. The van der Waals surface area contributed by atoms with Gasteiger partial charge in [0.2, 0.25) is 0 Å². The number of nitro groups is 1. The van der Waals surface area contributed by atoms with Crippen LogP contribution in [0.5, 0.6) is 0 Å². The number of benzene rings is 1. The van der Waals surface area contributed by atoms with Gasteiger partial charge in [0, 0.05) is 16.7 Å². The Labute approximate surface area is 150 Å². The number of methoxy groups -OCH3 is 1. The molecule has 0 radical (unpaired) electrons. The predicted molar refractivity (Wildman–Crippen MR) is 99.2 cm³/mol. The number of hydrogen-bond donors (Lipinski definition) is 0. The highest BCUT2D eigenvalue weighted by molar-refractivity contribution is 8.32. The average molecular weight is 393 g/mol. The third-order valence-electron chi connectivity index (χ3n) is 2.86. The second kappa shape index (κ2) is 8.48. The summed E-state index contributed by atoms with van der Waals surface area (Å²) in [6, 6.07) is 1.04. The van der Waals surface area contributed by atoms with Gasteiger partial charge in [0.25, 0.3) is 5.69 Å². The molecule has 0 N–H and O–H groups in total. The molecular weight excluding hydrogens is 376 g/mol. The van der Waals surface area contributed by atoms with Crippen molar-refractivity contribution in [2.45, 2.75) is 4.90 Å². The molecule has 0 fully saturated rings. The molecule has 8 nitrogen and oxygen atoms in total. The van der Waals surface area contributed by atoms with Gasteiger partial charge in [-0.05, 0) is 30.1 Å². The minimum absolute atomic E-state index is 0.115. The highest BCUT2D eigenvalue weighted by Crippen LogP contribution is 2.45. The molecule has 0 amide bonds. The number of carbonyl (C=O) groups excluding carboxylic acids is 1. The first kappa shape index (κ1) is 20.4. The third-order valence-corrected chi connectivity index (χ3v) is 6.14. The van der Waals surface area contributed by atoms with Crippen LogP contribution in [0.4, 0.5) is 11.4 Å². The van der Waals surface area contributed by atoms with Gasteiger partial charge in [-0.3, -0.25) is 10.1 Å². The lowest BCUT2D eigenvalue weighted by Gasteiger charge is -2.24. The number of ether oxygens (including phenoxy) is 1. The molecule has 0 aliphatic carbocycles. The molecule has 0 aliphatic rings. The second-order valence-corrected chi connectivity index (χ2v) is 11.6. The van der Waals surface area contributed by atoms with E-state index >= 15 is 0 Å². The van der Waals surface area contributed by atoms with Crippen LogP contribution >= 0.6 is 33.4 Å². The summed E-state index contributed by atoms with van der Waals surface area (Å²) in [5, 5.41) is 14.6. The Morgan fingerprint density at radius 3 is 2.62 bits per heavy atom. The summed E-state index contributed by atoms with van der Waals surface area (Å²) in [5.74, 6) is 0.631. The highest BCUT2D eigenvalue weighted by Gasteiger charge is 2.27. The van der Waals surface area contributed by atoms with Gasteiger partial charge in [-0.1, -0.05) is 16.7 Å². The van der Waals surface area contributed by atoms with Gasteiger partial charge < -0.3 is 4.74 Å². The van der Waals surface area contributed by atoms with Crippen molar-refractivity contribution in [2.75, 3.05) is 37.4 Å². The van der Waals surface area contributed by atoms with Gasteiger partial charge in [-0.15, -0.1) is 11.8 Å². The molecule has 0 atom stereocenters. The van der Waals surface area contributed by atoms with Crippen molar-refractivity contribution < 1.29 is 14.5 Å². The molecule has 0 heterocycles. The van der Waals surface area contributed by atoms with E-state index in [1.54, 1.807) is 0 Å². The van der Waals surface area contributed by atoms with Crippen molar-refractivity contribution >= 4 is 50.7 Å². The van der Waals surface area contributed by atoms with E-state index in [0.717, 1.165) is 18.9 Å². The lowest BCUT2D eigenvalue weighted by atomic mass is 10.1. The summed E-state index contributed by atoms with van der Waals surface area (Å²) >= 11 is 7.41. The zero-order valence-electron chi connectivity index (χ0n) is 13.6. The van der Waals surface area contributed by atoms with Crippen LogP contribution in [0.1, 0.15) is 10.4 Å². The lowest BCUT2D eigenvalue weighted by Crippen LogP contribution is -2.05. The fourth-order valence-corrected chi connectivity index (χ4v) is 5.13. The standard InChI is InChI=1S/C13H17ClN4O4S2/c1-22-13(19)8-7-9(18(20)21)12(10(14)11(8)16-17-15)23-5-6-24(2,3)4/h7H,5-6H2,1-4H3. The molecule has 0 spiro atoms. The first-order valence-electron chi connectivity index (χ1n) is 6.55. The van der Waals surface area contributed by atoms with E-state index in [9.17, 15) is 14.9 Å². The van der Waals surface area contributed by atoms with Crippen LogP contribution in [0, 0.1) is 10.1 Å². The molecule has 0 saturated heterocycles. The molecule has 1 aromatic rings. The van der Waals surface area contributed by atoms with Crippen LogP contribution < -0.4 is 0 Å². The molecule has 0 unspecified atom stereocenters. The molecule has 0 saturated carbocycles. The fraction of sp³-hybridized carbons (Fsp3) is 0.462. The first-order valence-corrected chi connectivity index (χ1v) is 10.9. The van der Waals surface area contributed by atoms with Crippen LogP contribution in [-0.4, -0.2) is 48.3 Å². The Kier molecular flexibility index (Phi) is 7.22. The zero-order valence-corrected chi connectivity index (χ0v) is 16.0. The Morgan fingerprint density at radius 2 is 2.17 bits per heavy atom. The van der Waals surface area contributed by atoms with Crippen molar-refractivity contribution in [3.05, 3.63) is 37.2 Å². The zero-order chi connectivity index (χ0) is 18.5. The first-order chi connectivity index (χ1) is 11.1. The van der Waals surface area contributed by atoms with Crippen LogP contribution in [-0.2, 0) is 4.74 Å². The minimum Gasteiger partial charge on any atom is -0.465 e. The van der Waals surface area contributed by atoms with Crippen molar-refractivity contribution in [1.82, 2.24) is 0 Å². The largest absolute Gasteiger partial charge is 0.465 e. The molecular formula is C13H17ClN4O4S2. The number of thioether (sulfide) groups is 1. The average Bonchev–Trinajstić information content (AvgIpc) is 2.48. The maximum Gasteiger partial charge on any atom is 0.338 e. The number of hydrogen-bond acceptors (Lipinski definition) is 6. The Balaban J connectivity index is 3.45. The molecule has 0 bridgehead atoms. The third kappa shape index (κ3) is 5.20. The lowest BCUT2D eigenvalue weighted by molar-refractivity contribution is -0.387. The number of carbonyl (C=O) groups is 1. The molecule has 24 heavy (non-hydrogen) atoms. The Morgan fingerprint density at radius 1 is 1.54 bits per heavy atom. The molecule has 132 valence electrons. The van der Waals surface area contributed by atoms with Gasteiger partial charge in [0.05, 0.1) is 28.3 Å². The monoisotopic (exact) mass is 392 g/mol. The number of halogens is 1. The van der Waals surface area contributed by atoms with Gasteiger partial charge in [-0.25, -0.2) is 14.8 Å². The molecule has 1 aromatic carbocycles. The fourth-order valence-electron chi connectivity index (χ4n) is 1.68. The summed E-state index contributed by atoms with van der Waals surface area (Å²) in [5.41, 5.74) is 7.97. The van der Waals surface area contributed by atoms with E-state index in [1.807, 2.05) is 0 Å². The summed E-state index contributed by atoms with van der Waals surface area (Å²) < 4.78 is 4.57. The summed E-state index contributed by atoms with van der Waals surface area (Å²) in [4.78, 5) is 25.3. The Bertz CT molecular complexity index is 715. The maximum atomic E-state index is 11.8. The van der Waals surface area contributed by atoms with Crippen LogP contribution in [0.3, 0.4) is 0 Å². The molecule has 0 aliphatic heterocycles. The summed E-state index contributed by atoms with van der Waals surface area (Å²) in [6.07, 6.45) is 6.40. The molecule has 1 rings (SSSR count). The van der Waals surface area contributed by atoms with Gasteiger partial charge in [0.1, 0.15) is 4.90 Å². The predicted octanol–water partition coefficient (Wildman–Crippen LogP) is 4.76. The molecule has 0 aromatic heterocycles. The van der Waals surface area contributed by atoms with E-state index in [-0.39, 0.29) is 26.9 Å². The normalized spacial score (nSPS) is 11.5. The summed E-state index contributed by atoms with van der Waals surface area (Å²) in [6.45, 7) is 0. The number of azide groups is 1. The number of rotatable bonds is 7. The SMILES string of the molecule is COC(=O)c1cc([N+](=O)[O-])c(SCCS(C)(C)C)c(Cl)c1N=[N+]=[N-]. The quantitative estimate of drug-likeness (QED) is 0.126. The number of esters is 1. The number of nitrogens with zero attached hydrogens (tertiary/aromatic N) is 4. The highest BCUT2D eigenvalue weighted by atomic mass is 35.5. The van der Waals surface area contributed by atoms with E-state index < -0.39 is 20.9 Å². The van der Waals surface area contributed by atoms with Gasteiger partial charge in [-0.2, -0.15) is 0 Å². The van der Waals surface area contributed by atoms with Gasteiger partial charge in [0.15, 0.2) is 0 Å². The van der Waals surface area contributed by atoms with Crippen molar-refractivity contribution in [2.24, 2.45) is 5.11 Å².